The molecule has 0 aromatic heterocycles. The van der Waals surface area contributed by atoms with E-state index in [1.54, 1.807) is 6.21 Å². The summed E-state index contributed by atoms with van der Waals surface area (Å²) in [4.78, 5) is 14.1. The van der Waals surface area contributed by atoms with Crippen molar-refractivity contribution in [2.75, 3.05) is 6.54 Å². The fourth-order valence-corrected chi connectivity index (χ4v) is 0.833. The Kier molecular flexibility index (Phi) is 5.33. The molecular weight excluding hydrogens is 211 g/mol. The number of amides is 1. The monoisotopic (exact) mass is 224 g/mol. The molecule has 0 aliphatic carbocycles. The molecule has 0 aliphatic heterocycles. The minimum absolute atomic E-state index is 0.407. The Balaban J connectivity index is 4.16. The lowest BCUT2D eigenvalue weighted by atomic mass is 10.1. The number of hydrogen-bond acceptors (Lipinski definition) is 2. The Labute approximate surface area is 88.5 Å². The van der Waals surface area contributed by atoms with Crippen molar-refractivity contribution >= 4 is 35.3 Å². The van der Waals surface area contributed by atoms with Crippen LogP contribution in [0.3, 0.4) is 0 Å². The first kappa shape index (κ1) is 12.7. The van der Waals surface area contributed by atoms with Crippen LogP contribution in [0, 0.1) is 0 Å². The largest absolute Gasteiger partial charge is 0.344 e. The molecule has 1 amide bonds. The highest BCUT2D eigenvalue weighted by atomic mass is 35.5. The number of hydrogen-bond donors (Lipinski definition) is 1. The molecule has 1 N–H and O–H groups in total. The predicted octanol–water partition coefficient (Wildman–Crippen LogP) is 1.78. The first-order valence-electron chi connectivity index (χ1n) is 4.00. The summed E-state index contributed by atoms with van der Waals surface area (Å²) in [6.45, 7) is 6.24. The summed E-state index contributed by atoms with van der Waals surface area (Å²) in [6, 6.07) is 0. The van der Waals surface area contributed by atoms with Gasteiger partial charge in [0.05, 0.1) is 5.54 Å². The Morgan fingerprint density at radius 1 is 1.62 bits per heavy atom. The molecule has 0 unspecified atom stereocenters. The van der Waals surface area contributed by atoms with E-state index in [1.165, 1.54) is 0 Å². The smallest absolute Gasteiger partial charge is 0.254 e. The van der Waals surface area contributed by atoms with Crippen molar-refractivity contribution in [3.63, 3.8) is 0 Å². The molecule has 0 aliphatic rings. The van der Waals surface area contributed by atoms with Crippen LogP contribution in [0.15, 0.2) is 4.99 Å². The van der Waals surface area contributed by atoms with Gasteiger partial charge in [-0.25, -0.2) is 0 Å². The van der Waals surface area contributed by atoms with Crippen molar-refractivity contribution in [3.05, 3.63) is 0 Å². The third-order valence-electron chi connectivity index (χ3n) is 1.24. The van der Waals surface area contributed by atoms with Crippen LogP contribution in [0.5, 0.6) is 0 Å². The first-order valence-corrected chi connectivity index (χ1v) is 4.87. The first-order chi connectivity index (χ1) is 5.89. The average molecular weight is 225 g/mol. The third kappa shape index (κ3) is 5.88. The number of aliphatic imine (C=N–C) groups is 1. The van der Waals surface area contributed by atoms with Crippen LogP contribution in [0.4, 0.5) is 0 Å². The number of nitrogens with zero attached hydrogens (tertiary/aromatic N) is 1. The van der Waals surface area contributed by atoms with E-state index in [0.717, 1.165) is 0 Å². The number of carbonyl (C=O) groups excluding carboxylic acids is 1. The van der Waals surface area contributed by atoms with Gasteiger partial charge in [-0.2, -0.15) is 0 Å². The molecule has 5 heteroatoms. The molecule has 0 aromatic rings. The van der Waals surface area contributed by atoms with Gasteiger partial charge >= 0.3 is 0 Å². The molecule has 0 saturated heterocycles. The Morgan fingerprint density at radius 3 is 2.54 bits per heavy atom. The zero-order valence-electron chi connectivity index (χ0n) is 7.97. The van der Waals surface area contributed by atoms with Crippen molar-refractivity contribution < 1.29 is 4.79 Å². The standard InChI is InChI=1S/C8H14Cl2N2O/c1-4-11-5-8(2,3)12-7(13)6(9)10/h5-6H,4H2,1-3H3,(H,12,13). The van der Waals surface area contributed by atoms with Crippen LogP contribution in [0.2, 0.25) is 0 Å². The van der Waals surface area contributed by atoms with E-state index in [-0.39, 0.29) is 0 Å². The van der Waals surface area contributed by atoms with Crippen LogP contribution in [-0.4, -0.2) is 29.0 Å². The zero-order valence-corrected chi connectivity index (χ0v) is 9.49. The van der Waals surface area contributed by atoms with E-state index < -0.39 is 16.3 Å². The number of rotatable bonds is 4. The lowest BCUT2D eigenvalue weighted by Gasteiger charge is -2.21. The normalized spacial score (nSPS) is 12.5. The molecule has 0 bridgehead atoms. The van der Waals surface area contributed by atoms with Gasteiger partial charge in [-0.15, -0.1) is 0 Å². The van der Waals surface area contributed by atoms with Crippen LogP contribution >= 0.6 is 23.2 Å². The van der Waals surface area contributed by atoms with E-state index in [2.05, 4.69) is 10.3 Å². The average Bonchev–Trinajstić information content (AvgIpc) is 2.00. The Morgan fingerprint density at radius 2 is 2.15 bits per heavy atom. The number of halogens is 2. The summed E-state index contributed by atoms with van der Waals surface area (Å²) in [5, 5.41) is 2.64. The van der Waals surface area contributed by atoms with Crippen molar-refractivity contribution in [1.82, 2.24) is 5.32 Å². The van der Waals surface area contributed by atoms with Gasteiger partial charge in [0.2, 0.25) is 0 Å². The summed E-state index contributed by atoms with van der Waals surface area (Å²) >= 11 is 10.8. The molecule has 0 spiro atoms. The topological polar surface area (TPSA) is 41.5 Å². The van der Waals surface area contributed by atoms with Crippen molar-refractivity contribution in [2.45, 2.75) is 31.1 Å². The van der Waals surface area contributed by atoms with Gasteiger partial charge in [0.25, 0.3) is 5.91 Å². The Hall–Kier alpha value is -0.280. The molecule has 0 radical (unpaired) electrons. The molecule has 13 heavy (non-hydrogen) atoms. The predicted molar refractivity (Wildman–Crippen MR) is 56.7 cm³/mol. The molecule has 0 aromatic carbocycles. The third-order valence-corrected chi connectivity index (χ3v) is 1.64. The molecule has 3 nitrogen and oxygen atoms in total. The summed E-state index contributed by atoms with van der Waals surface area (Å²) in [5.74, 6) is -0.407. The van der Waals surface area contributed by atoms with Gasteiger partial charge in [-0.1, -0.05) is 23.2 Å². The summed E-state index contributed by atoms with van der Waals surface area (Å²) in [5.41, 5.74) is -0.505. The SMILES string of the molecule is CCN=CC(C)(C)NC(=O)C(Cl)Cl. The fourth-order valence-electron chi connectivity index (χ4n) is 0.724. The minimum atomic E-state index is -1.03. The van der Waals surface area contributed by atoms with Gasteiger partial charge in [0.1, 0.15) is 0 Å². The number of alkyl halides is 2. The maximum atomic E-state index is 11.1. The summed E-state index contributed by atoms with van der Waals surface area (Å²) < 4.78 is 0. The maximum absolute atomic E-state index is 11.1. The zero-order chi connectivity index (χ0) is 10.5. The molecular formula is C8H14Cl2N2O. The van der Waals surface area contributed by atoms with E-state index >= 15 is 0 Å². The summed E-state index contributed by atoms with van der Waals surface area (Å²) in [6.07, 6.45) is 1.67. The molecule has 76 valence electrons. The molecule has 0 atom stereocenters. The lowest BCUT2D eigenvalue weighted by Crippen LogP contribution is -2.46. The van der Waals surface area contributed by atoms with Crippen molar-refractivity contribution in [1.29, 1.82) is 0 Å². The highest BCUT2D eigenvalue weighted by molar-refractivity contribution is 6.53. The minimum Gasteiger partial charge on any atom is -0.344 e. The number of carbonyl (C=O) groups is 1. The second kappa shape index (κ2) is 5.45. The second-order valence-corrected chi connectivity index (χ2v) is 4.24. The second-order valence-electron chi connectivity index (χ2n) is 3.14. The molecule has 0 saturated carbocycles. The number of nitrogens with one attached hydrogen (secondary N) is 1. The van der Waals surface area contributed by atoms with Gasteiger partial charge in [0.15, 0.2) is 4.84 Å². The van der Waals surface area contributed by atoms with E-state index in [1.807, 2.05) is 20.8 Å². The summed E-state index contributed by atoms with van der Waals surface area (Å²) in [7, 11) is 0. The van der Waals surface area contributed by atoms with Gasteiger partial charge in [0, 0.05) is 12.8 Å². The molecule has 0 fully saturated rings. The van der Waals surface area contributed by atoms with Crippen molar-refractivity contribution in [2.24, 2.45) is 4.99 Å². The highest BCUT2D eigenvalue weighted by Gasteiger charge is 2.21. The molecule has 0 rings (SSSR count). The van der Waals surface area contributed by atoms with Crippen LogP contribution < -0.4 is 5.32 Å². The van der Waals surface area contributed by atoms with Gasteiger partial charge < -0.3 is 5.32 Å². The fraction of sp³-hybridized carbons (Fsp3) is 0.750. The van der Waals surface area contributed by atoms with Gasteiger partial charge in [-0.05, 0) is 20.8 Å². The Bertz CT molecular complexity index is 202. The maximum Gasteiger partial charge on any atom is 0.254 e. The van der Waals surface area contributed by atoms with Crippen LogP contribution in [-0.2, 0) is 4.79 Å². The molecule has 0 heterocycles. The lowest BCUT2D eigenvalue weighted by molar-refractivity contribution is -0.120. The highest BCUT2D eigenvalue weighted by Crippen LogP contribution is 2.05. The van der Waals surface area contributed by atoms with Crippen LogP contribution in [0.1, 0.15) is 20.8 Å². The van der Waals surface area contributed by atoms with E-state index in [9.17, 15) is 4.79 Å². The van der Waals surface area contributed by atoms with Gasteiger partial charge in [-0.3, -0.25) is 9.79 Å². The van der Waals surface area contributed by atoms with Crippen LogP contribution in [0.25, 0.3) is 0 Å². The van der Waals surface area contributed by atoms with E-state index in [4.69, 9.17) is 23.2 Å². The quantitative estimate of drug-likeness (QED) is 0.575. The van der Waals surface area contributed by atoms with Crippen molar-refractivity contribution in [3.8, 4) is 0 Å². The van der Waals surface area contributed by atoms with E-state index in [0.29, 0.717) is 6.54 Å².